The molecular weight excluding hydrogens is 450 g/mol. The van der Waals surface area contributed by atoms with Crippen molar-refractivity contribution < 1.29 is 13.2 Å². The Bertz CT molecular complexity index is 1090. The molecule has 0 aliphatic rings. The van der Waals surface area contributed by atoms with E-state index < -0.39 is 10.0 Å². The number of carbonyl (C=O) groups excluding carboxylic acids is 1. The number of sulfonamides is 1. The van der Waals surface area contributed by atoms with Gasteiger partial charge in [0.1, 0.15) is 10.7 Å². The molecule has 1 amide bonds. The number of benzene rings is 1. The highest BCUT2D eigenvalue weighted by Crippen LogP contribution is 2.32. The lowest BCUT2D eigenvalue weighted by Gasteiger charge is -2.10. The second kappa shape index (κ2) is 9.36. The summed E-state index contributed by atoms with van der Waals surface area (Å²) in [5.41, 5.74) is 1.92. The van der Waals surface area contributed by atoms with Gasteiger partial charge in [0.05, 0.1) is 15.0 Å². The van der Waals surface area contributed by atoms with E-state index in [1.54, 1.807) is 49.6 Å². The van der Waals surface area contributed by atoms with E-state index in [0.29, 0.717) is 22.1 Å². The topological polar surface area (TPSA) is 88.2 Å². The Morgan fingerprint density at radius 3 is 2.45 bits per heavy atom. The number of rotatable bonds is 8. The van der Waals surface area contributed by atoms with Crippen LogP contribution in [0.3, 0.4) is 0 Å². The third-order valence-corrected chi connectivity index (χ3v) is 7.56. The predicted octanol–water partition coefficient (Wildman–Crippen LogP) is 4.28. The summed E-state index contributed by atoms with van der Waals surface area (Å²) in [6.45, 7) is 3.89. The van der Waals surface area contributed by atoms with Gasteiger partial charge in [-0.2, -0.15) is 0 Å². The molecule has 0 spiro atoms. The summed E-state index contributed by atoms with van der Waals surface area (Å²) in [5, 5.41) is 5.30. The number of hydrogen-bond acceptors (Lipinski definition) is 6. The van der Waals surface area contributed by atoms with Crippen LogP contribution in [-0.4, -0.2) is 25.4 Å². The molecule has 1 aromatic carbocycles. The number of thiophene rings is 1. The summed E-state index contributed by atoms with van der Waals surface area (Å²) >= 11 is 8.76. The highest BCUT2D eigenvalue weighted by molar-refractivity contribution is 7.88. The summed E-state index contributed by atoms with van der Waals surface area (Å²) in [4.78, 5) is 17.6. The van der Waals surface area contributed by atoms with Crippen LogP contribution in [0.2, 0.25) is 4.34 Å². The van der Waals surface area contributed by atoms with Gasteiger partial charge >= 0.3 is 0 Å². The Hall–Kier alpha value is -1.78. The van der Waals surface area contributed by atoms with Gasteiger partial charge in [0.25, 0.3) is 5.91 Å². The lowest BCUT2D eigenvalue weighted by atomic mass is 10.1. The van der Waals surface area contributed by atoms with E-state index in [9.17, 15) is 13.2 Å². The first-order chi connectivity index (χ1) is 13.7. The first-order valence-electron chi connectivity index (χ1n) is 8.79. The molecule has 0 aliphatic carbocycles. The van der Waals surface area contributed by atoms with Crippen molar-refractivity contribution in [3.63, 3.8) is 0 Å². The molecule has 0 bridgehead atoms. The monoisotopic (exact) mass is 469 g/mol. The molecule has 0 aliphatic heterocycles. The van der Waals surface area contributed by atoms with Crippen LogP contribution < -0.4 is 10.0 Å². The Morgan fingerprint density at radius 2 is 1.83 bits per heavy atom. The molecule has 29 heavy (non-hydrogen) atoms. The minimum atomic E-state index is -3.36. The Balaban J connectivity index is 1.56. The van der Waals surface area contributed by atoms with Crippen molar-refractivity contribution in [1.29, 1.82) is 0 Å². The standard InChI is InChI=1S/C19H20ClN3O3S3/c1-12(2)23-29(25,26)11-14-5-3-13(4-6-14)9-21-18(24)15-10-27-19(22-15)16-7-8-17(20)28-16/h3-8,10,12,23H,9,11H2,1-2H3,(H,21,24). The molecular formula is C19H20ClN3O3S3. The number of aromatic nitrogens is 1. The molecule has 0 fully saturated rings. The van der Waals surface area contributed by atoms with Crippen molar-refractivity contribution in [1.82, 2.24) is 15.0 Å². The molecule has 3 aromatic rings. The van der Waals surface area contributed by atoms with Crippen LogP contribution in [0, 0.1) is 0 Å². The maximum Gasteiger partial charge on any atom is 0.271 e. The summed E-state index contributed by atoms with van der Waals surface area (Å²) in [6.07, 6.45) is 0. The van der Waals surface area contributed by atoms with E-state index in [1.165, 1.54) is 22.7 Å². The largest absolute Gasteiger partial charge is 0.347 e. The van der Waals surface area contributed by atoms with Gasteiger partial charge in [0.15, 0.2) is 0 Å². The minimum Gasteiger partial charge on any atom is -0.347 e. The maximum absolute atomic E-state index is 12.3. The van der Waals surface area contributed by atoms with Gasteiger partial charge in [-0.05, 0) is 37.1 Å². The van der Waals surface area contributed by atoms with E-state index >= 15 is 0 Å². The average Bonchev–Trinajstić information content (AvgIpc) is 3.28. The minimum absolute atomic E-state index is 0.0772. The molecule has 2 N–H and O–H groups in total. The van der Waals surface area contributed by atoms with Gasteiger partial charge in [-0.15, -0.1) is 22.7 Å². The average molecular weight is 470 g/mol. The van der Waals surface area contributed by atoms with Crippen LogP contribution in [0.25, 0.3) is 9.88 Å². The van der Waals surface area contributed by atoms with Crippen molar-refractivity contribution in [3.8, 4) is 9.88 Å². The second-order valence-electron chi connectivity index (χ2n) is 6.67. The zero-order chi connectivity index (χ0) is 21.0. The van der Waals surface area contributed by atoms with Gasteiger partial charge in [-0.1, -0.05) is 35.9 Å². The smallest absolute Gasteiger partial charge is 0.271 e. The van der Waals surface area contributed by atoms with Crippen molar-refractivity contribution in [3.05, 3.63) is 62.9 Å². The van der Waals surface area contributed by atoms with Crippen LogP contribution in [0.4, 0.5) is 0 Å². The molecule has 2 aromatic heterocycles. The van der Waals surface area contributed by atoms with Gasteiger partial charge in [-0.3, -0.25) is 4.79 Å². The summed E-state index contributed by atoms with van der Waals surface area (Å²) in [7, 11) is -3.36. The fourth-order valence-corrected chi connectivity index (χ4v) is 5.91. The van der Waals surface area contributed by atoms with Crippen molar-refractivity contribution in [2.45, 2.75) is 32.2 Å². The molecule has 0 saturated heterocycles. The molecule has 0 atom stereocenters. The second-order valence-corrected chi connectivity index (χ2v) is 11.0. The quantitative estimate of drug-likeness (QED) is 0.515. The van der Waals surface area contributed by atoms with E-state index in [2.05, 4.69) is 15.0 Å². The first-order valence-corrected chi connectivity index (χ1v) is 12.5. The molecule has 10 heteroatoms. The number of nitrogens with one attached hydrogen (secondary N) is 2. The lowest BCUT2D eigenvalue weighted by Crippen LogP contribution is -2.31. The zero-order valence-electron chi connectivity index (χ0n) is 15.8. The number of amides is 1. The number of thiazole rings is 1. The number of halogens is 1. The van der Waals surface area contributed by atoms with Crippen molar-refractivity contribution in [2.75, 3.05) is 0 Å². The summed E-state index contributed by atoms with van der Waals surface area (Å²) in [6, 6.07) is 10.7. The summed E-state index contributed by atoms with van der Waals surface area (Å²) < 4.78 is 27.2. The fraction of sp³-hybridized carbons (Fsp3) is 0.263. The van der Waals surface area contributed by atoms with Crippen LogP contribution >= 0.6 is 34.3 Å². The van der Waals surface area contributed by atoms with Crippen LogP contribution in [0.15, 0.2) is 41.8 Å². The number of hydrogen-bond donors (Lipinski definition) is 2. The van der Waals surface area contributed by atoms with Crippen molar-refractivity contribution in [2.24, 2.45) is 0 Å². The highest BCUT2D eigenvalue weighted by Gasteiger charge is 2.14. The first kappa shape index (κ1) is 21.9. The molecule has 2 heterocycles. The van der Waals surface area contributed by atoms with Gasteiger partial charge < -0.3 is 5.32 Å². The SMILES string of the molecule is CC(C)NS(=O)(=O)Cc1ccc(CNC(=O)c2csc(-c3ccc(Cl)s3)n2)cc1. The Kier molecular flexibility index (Phi) is 7.07. The highest BCUT2D eigenvalue weighted by atomic mass is 35.5. The molecule has 6 nitrogen and oxygen atoms in total. The third-order valence-electron chi connectivity index (χ3n) is 3.77. The Morgan fingerprint density at radius 1 is 1.14 bits per heavy atom. The molecule has 154 valence electrons. The van der Waals surface area contributed by atoms with Crippen molar-refractivity contribution >= 4 is 50.2 Å². The fourth-order valence-electron chi connectivity index (χ4n) is 2.57. The predicted molar refractivity (Wildman–Crippen MR) is 119 cm³/mol. The normalized spacial score (nSPS) is 11.7. The Labute approximate surface area is 183 Å². The maximum atomic E-state index is 12.3. The number of nitrogens with zero attached hydrogens (tertiary/aromatic N) is 1. The third kappa shape index (κ3) is 6.35. The van der Waals surface area contributed by atoms with Crippen LogP contribution in [0.5, 0.6) is 0 Å². The molecule has 3 rings (SSSR count). The van der Waals surface area contributed by atoms with Crippen LogP contribution in [-0.2, 0) is 22.3 Å². The number of carbonyl (C=O) groups is 1. The molecule has 0 saturated carbocycles. The van der Waals surface area contributed by atoms with E-state index in [4.69, 9.17) is 11.6 Å². The van der Waals surface area contributed by atoms with Gasteiger partial charge in [0.2, 0.25) is 10.0 Å². The van der Waals surface area contributed by atoms with E-state index in [1.807, 2.05) is 6.07 Å². The lowest BCUT2D eigenvalue weighted by molar-refractivity contribution is 0.0946. The van der Waals surface area contributed by atoms with Gasteiger partial charge in [-0.25, -0.2) is 18.1 Å². The molecule has 0 unspecified atom stereocenters. The zero-order valence-corrected chi connectivity index (χ0v) is 19.0. The van der Waals surface area contributed by atoms with E-state index in [0.717, 1.165) is 15.4 Å². The summed E-state index contributed by atoms with van der Waals surface area (Å²) in [5.74, 6) is -0.338. The molecule has 0 radical (unpaired) electrons. The van der Waals surface area contributed by atoms with Gasteiger partial charge in [0, 0.05) is 18.0 Å². The van der Waals surface area contributed by atoms with Crippen LogP contribution in [0.1, 0.15) is 35.5 Å². The van der Waals surface area contributed by atoms with E-state index in [-0.39, 0.29) is 17.7 Å².